The fourth-order valence-electron chi connectivity index (χ4n) is 3.23. The van der Waals surface area contributed by atoms with Gasteiger partial charge in [-0.2, -0.15) is 5.10 Å². The van der Waals surface area contributed by atoms with Crippen molar-refractivity contribution in [1.82, 2.24) is 0 Å². The monoisotopic (exact) mass is 332 g/mol. The van der Waals surface area contributed by atoms with Crippen molar-refractivity contribution in [2.45, 2.75) is 13.8 Å². The van der Waals surface area contributed by atoms with Crippen molar-refractivity contribution in [2.75, 3.05) is 11.4 Å². The molecule has 0 amide bonds. The highest BCUT2D eigenvalue weighted by atomic mass is 19.1. The molecule has 0 saturated heterocycles. The van der Waals surface area contributed by atoms with Gasteiger partial charge in [0.15, 0.2) is 5.84 Å². The molecule has 0 aliphatic carbocycles. The number of para-hydroxylation sites is 1. The molecule has 2 aliphatic heterocycles. The van der Waals surface area contributed by atoms with E-state index >= 15 is 0 Å². The highest BCUT2D eigenvalue weighted by molar-refractivity contribution is 6.23. The van der Waals surface area contributed by atoms with Crippen molar-refractivity contribution in [3.63, 3.8) is 0 Å². The highest BCUT2D eigenvalue weighted by Crippen LogP contribution is 2.32. The zero-order valence-electron chi connectivity index (χ0n) is 14.1. The van der Waals surface area contributed by atoms with E-state index in [0.717, 1.165) is 28.5 Å². The van der Waals surface area contributed by atoms with Crippen LogP contribution in [0, 0.1) is 5.82 Å². The van der Waals surface area contributed by atoms with E-state index in [1.165, 1.54) is 6.07 Å². The largest absolute Gasteiger partial charge is 0.293 e. The van der Waals surface area contributed by atoms with Crippen LogP contribution in [-0.4, -0.2) is 23.8 Å². The van der Waals surface area contributed by atoms with Crippen LogP contribution in [0.3, 0.4) is 0 Å². The van der Waals surface area contributed by atoms with Gasteiger partial charge in [0.25, 0.3) is 0 Å². The molecule has 0 bridgehead atoms. The van der Waals surface area contributed by atoms with E-state index in [9.17, 15) is 4.39 Å². The smallest absolute Gasteiger partial charge is 0.158 e. The summed E-state index contributed by atoms with van der Waals surface area (Å²) in [6.07, 6.45) is 2.01. The maximum Gasteiger partial charge on any atom is 0.158 e. The van der Waals surface area contributed by atoms with E-state index in [2.05, 4.69) is 20.1 Å². The molecule has 0 spiro atoms. The quantitative estimate of drug-likeness (QED) is 0.772. The second-order valence-corrected chi connectivity index (χ2v) is 5.87. The third kappa shape index (κ3) is 2.48. The molecule has 2 aromatic rings. The average molecular weight is 332 g/mol. The van der Waals surface area contributed by atoms with Crippen LogP contribution >= 0.6 is 0 Å². The Balaban J connectivity index is 1.96. The van der Waals surface area contributed by atoms with Gasteiger partial charge in [-0.1, -0.05) is 36.4 Å². The van der Waals surface area contributed by atoms with Crippen LogP contribution in [0.25, 0.3) is 0 Å². The van der Waals surface area contributed by atoms with E-state index in [0.29, 0.717) is 17.8 Å². The third-order valence-electron chi connectivity index (χ3n) is 4.37. The maximum atomic E-state index is 14.4. The lowest BCUT2D eigenvalue weighted by Crippen LogP contribution is -2.36. The van der Waals surface area contributed by atoms with Crippen LogP contribution in [0.15, 0.2) is 75.5 Å². The van der Waals surface area contributed by atoms with Crippen molar-refractivity contribution in [1.29, 1.82) is 0 Å². The predicted octanol–water partition coefficient (Wildman–Crippen LogP) is 4.17. The lowest BCUT2D eigenvalue weighted by molar-refractivity contribution is 0.625. The molecule has 25 heavy (non-hydrogen) atoms. The molecule has 0 fully saturated rings. The van der Waals surface area contributed by atoms with Gasteiger partial charge in [0.05, 0.1) is 22.8 Å². The van der Waals surface area contributed by atoms with Crippen molar-refractivity contribution in [3.05, 3.63) is 77.2 Å². The molecule has 0 N–H and O–H groups in total. The third-order valence-corrected chi connectivity index (χ3v) is 4.37. The zero-order valence-corrected chi connectivity index (χ0v) is 14.1. The number of benzene rings is 2. The van der Waals surface area contributed by atoms with Crippen LogP contribution in [-0.2, 0) is 0 Å². The van der Waals surface area contributed by atoms with Crippen LogP contribution in [0.5, 0.6) is 0 Å². The SMILES string of the molecule is CC=C1C(C)=NN=C2CN=C(c3ccccc3F)c3ccccc3N12. The number of allylic oxidation sites excluding steroid dienone is 2. The van der Waals surface area contributed by atoms with Gasteiger partial charge in [-0.25, -0.2) is 4.39 Å². The normalized spacial score (nSPS) is 18.0. The Morgan fingerprint density at radius 1 is 1.00 bits per heavy atom. The van der Waals surface area contributed by atoms with E-state index < -0.39 is 0 Å². The molecule has 2 aliphatic rings. The summed E-state index contributed by atoms with van der Waals surface area (Å²) in [6.45, 7) is 4.25. The van der Waals surface area contributed by atoms with Gasteiger partial charge in [0.1, 0.15) is 12.4 Å². The summed E-state index contributed by atoms with van der Waals surface area (Å²) >= 11 is 0. The molecule has 2 aromatic carbocycles. The first kappa shape index (κ1) is 15.4. The molecule has 0 unspecified atom stereocenters. The number of hydrogen-bond donors (Lipinski definition) is 0. The van der Waals surface area contributed by atoms with Crippen molar-refractivity contribution >= 4 is 22.9 Å². The summed E-state index contributed by atoms with van der Waals surface area (Å²) in [5, 5.41) is 8.58. The molecule has 0 aromatic heterocycles. The van der Waals surface area contributed by atoms with Gasteiger partial charge >= 0.3 is 0 Å². The zero-order chi connectivity index (χ0) is 17.4. The number of hydrogen-bond acceptors (Lipinski definition) is 4. The number of amidine groups is 1. The van der Waals surface area contributed by atoms with Crippen LogP contribution in [0.1, 0.15) is 25.0 Å². The van der Waals surface area contributed by atoms with Crippen LogP contribution in [0.2, 0.25) is 0 Å². The number of fused-ring (bicyclic) bond motifs is 3. The molecule has 0 atom stereocenters. The fourth-order valence-corrected chi connectivity index (χ4v) is 3.23. The molecule has 0 radical (unpaired) electrons. The van der Waals surface area contributed by atoms with Gasteiger partial charge in [-0.05, 0) is 32.0 Å². The standard InChI is InChI=1S/C20H17FN4/c1-3-17-13(2)23-24-19-12-22-20(14-8-4-6-10-16(14)21)15-9-5-7-11-18(15)25(17)19/h3-11H,12H2,1-2H3. The minimum Gasteiger partial charge on any atom is -0.293 e. The van der Waals surface area contributed by atoms with Gasteiger partial charge in [0.2, 0.25) is 0 Å². The van der Waals surface area contributed by atoms with Crippen molar-refractivity contribution in [3.8, 4) is 0 Å². The molecular formula is C20H17FN4. The Morgan fingerprint density at radius 2 is 1.72 bits per heavy atom. The van der Waals surface area contributed by atoms with Gasteiger partial charge in [0, 0.05) is 11.1 Å². The molecule has 0 saturated carbocycles. The number of nitrogens with zero attached hydrogens (tertiary/aromatic N) is 4. The summed E-state index contributed by atoms with van der Waals surface area (Å²) < 4.78 is 14.4. The average Bonchev–Trinajstić information content (AvgIpc) is 2.80. The summed E-state index contributed by atoms with van der Waals surface area (Å²) in [5.74, 6) is 0.453. The molecule has 2 heterocycles. The van der Waals surface area contributed by atoms with Crippen LogP contribution in [0.4, 0.5) is 10.1 Å². The second-order valence-electron chi connectivity index (χ2n) is 5.87. The van der Waals surface area contributed by atoms with Gasteiger partial charge < -0.3 is 0 Å². The fraction of sp³-hybridized carbons (Fsp3) is 0.150. The number of anilines is 1. The number of aliphatic imine (C=N–C) groups is 1. The topological polar surface area (TPSA) is 40.3 Å². The Morgan fingerprint density at radius 3 is 2.48 bits per heavy atom. The minimum atomic E-state index is -0.281. The highest BCUT2D eigenvalue weighted by Gasteiger charge is 2.29. The summed E-state index contributed by atoms with van der Waals surface area (Å²) in [5.41, 5.74) is 4.77. The molecule has 4 nitrogen and oxygen atoms in total. The van der Waals surface area contributed by atoms with Crippen molar-refractivity contribution in [2.24, 2.45) is 15.2 Å². The Kier molecular flexibility index (Phi) is 3.76. The molecule has 4 rings (SSSR count). The van der Waals surface area contributed by atoms with E-state index in [-0.39, 0.29) is 5.82 Å². The first-order valence-corrected chi connectivity index (χ1v) is 8.17. The van der Waals surface area contributed by atoms with E-state index in [1.54, 1.807) is 12.1 Å². The maximum absolute atomic E-state index is 14.4. The van der Waals surface area contributed by atoms with Crippen molar-refractivity contribution < 1.29 is 4.39 Å². The Labute approximate surface area is 145 Å². The molecule has 5 heteroatoms. The minimum absolute atomic E-state index is 0.281. The van der Waals surface area contributed by atoms with Crippen LogP contribution < -0.4 is 4.90 Å². The number of rotatable bonds is 1. The lowest BCUT2D eigenvalue weighted by Gasteiger charge is -2.29. The van der Waals surface area contributed by atoms with Gasteiger partial charge in [-0.3, -0.25) is 9.89 Å². The van der Waals surface area contributed by atoms with E-state index in [1.807, 2.05) is 50.3 Å². The van der Waals surface area contributed by atoms with Gasteiger partial charge in [-0.15, -0.1) is 5.10 Å². The lowest BCUT2D eigenvalue weighted by atomic mass is 9.99. The second kappa shape index (κ2) is 6.09. The first-order valence-electron chi connectivity index (χ1n) is 8.17. The summed E-state index contributed by atoms with van der Waals surface area (Å²) in [4.78, 5) is 6.75. The predicted molar refractivity (Wildman–Crippen MR) is 100 cm³/mol. The van der Waals surface area contributed by atoms with E-state index in [4.69, 9.17) is 0 Å². The molecule has 124 valence electrons. The Hall–Kier alpha value is -3.08. The Bertz CT molecular complexity index is 969. The summed E-state index contributed by atoms with van der Waals surface area (Å²) in [7, 11) is 0. The summed E-state index contributed by atoms with van der Waals surface area (Å²) in [6, 6.07) is 14.6. The first-order chi connectivity index (χ1) is 12.2. The number of halogens is 1. The molecular weight excluding hydrogens is 315 g/mol.